The van der Waals surface area contributed by atoms with Crippen molar-refractivity contribution in [3.8, 4) is 17.0 Å². The van der Waals surface area contributed by atoms with E-state index in [0.29, 0.717) is 11.6 Å². The molecule has 8 heteroatoms. The van der Waals surface area contributed by atoms with Crippen LogP contribution in [0.15, 0.2) is 83.9 Å². The van der Waals surface area contributed by atoms with E-state index in [9.17, 15) is 13.6 Å². The van der Waals surface area contributed by atoms with Crippen molar-refractivity contribution < 1.29 is 18.3 Å². The number of ether oxygens (including phenoxy) is 1. The molecule has 0 N–H and O–H groups in total. The van der Waals surface area contributed by atoms with E-state index < -0.39 is 6.61 Å². The van der Waals surface area contributed by atoms with E-state index in [2.05, 4.69) is 14.9 Å². The zero-order chi connectivity index (χ0) is 23.2. The van der Waals surface area contributed by atoms with Crippen molar-refractivity contribution in [3.05, 3.63) is 84.4 Å². The van der Waals surface area contributed by atoms with Gasteiger partial charge in [-0.3, -0.25) is 4.79 Å². The summed E-state index contributed by atoms with van der Waals surface area (Å²) in [6.07, 6.45) is 0. The van der Waals surface area contributed by atoms with E-state index in [1.165, 1.54) is 23.9 Å². The third-order valence-corrected chi connectivity index (χ3v) is 5.99. The van der Waals surface area contributed by atoms with Crippen molar-refractivity contribution in [1.29, 1.82) is 0 Å². The quantitative estimate of drug-likeness (QED) is 0.315. The molecule has 0 bridgehead atoms. The van der Waals surface area contributed by atoms with Crippen LogP contribution < -0.4 is 4.74 Å². The van der Waals surface area contributed by atoms with Gasteiger partial charge in [0.15, 0.2) is 0 Å². The number of benzene rings is 3. The van der Waals surface area contributed by atoms with E-state index in [1.54, 1.807) is 24.1 Å². The Kier molecular flexibility index (Phi) is 7.14. The van der Waals surface area contributed by atoms with Crippen molar-refractivity contribution in [2.24, 2.45) is 0 Å². The highest BCUT2D eigenvalue weighted by molar-refractivity contribution is 8.00. The van der Waals surface area contributed by atoms with Gasteiger partial charge in [0.2, 0.25) is 5.91 Å². The van der Waals surface area contributed by atoms with E-state index in [-0.39, 0.29) is 17.4 Å². The molecule has 0 unspecified atom stereocenters. The normalized spacial score (nSPS) is 11.0. The lowest BCUT2D eigenvalue weighted by molar-refractivity contribution is -0.127. The van der Waals surface area contributed by atoms with Gasteiger partial charge in [0, 0.05) is 29.9 Å². The lowest BCUT2D eigenvalue weighted by atomic mass is 10.1. The maximum Gasteiger partial charge on any atom is 0.387 e. The number of alkyl halides is 2. The fraction of sp³-hybridized carbons (Fsp3) is 0.160. The molecule has 3 aromatic carbocycles. The van der Waals surface area contributed by atoms with Crippen LogP contribution in [0.25, 0.3) is 22.0 Å². The minimum atomic E-state index is -2.86. The van der Waals surface area contributed by atoms with E-state index in [0.717, 1.165) is 27.6 Å². The van der Waals surface area contributed by atoms with Gasteiger partial charge in [-0.1, -0.05) is 78.5 Å². The van der Waals surface area contributed by atoms with Crippen LogP contribution in [0, 0.1) is 0 Å². The minimum Gasteiger partial charge on any atom is -0.435 e. The first-order valence-electron chi connectivity index (χ1n) is 10.2. The summed E-state index contributed by atoms with van der Waals surface area (Å²) >= 11 is 1.34. The van der Waals surface area contributed by atoms with Gasteiger partial charge in [-0.25, -0.2) is 0 Å². The second kappa shape index (κ2) is 10.4. The summed E-state index contributed by atoms with van der Waals surface area (Å²) in [7, 11) is 1.70. The van der Waals surface area contributed by atoms with Crippen LogP contribution in [0.1, 0.15) is 5.56 Å². The van der Waals surface area contributed by atoms with Gasteiger partial charge in [0.1, 0.15) is 16.5 Å². The molecule has 0 saturated carbocycles. The molecule has 1 heterocycles. The number of nitrogens with zero attached hydrogens (tertiary/aromatic N) is 3. The van der Waals surface area contributed by atoms with Crippen LogP contribution in [0.3, 0.4) is 0 Å². The number of amides is 1. The highest BCUT2D eigenvalue weighted by Crippen LogP contribution is 2.31. The summed E-state index contributed by atoms with van der Waals surface area (Å²) in [4.78, 5) is 14.3. The van der Waals surface area contributed by atoms with Gasteiger partial charge in [-0.05, 0) is 17.7 Å². The number of carbonyl (C=O) groups excluding carboxylic acids is 1. The van der Waals surface area contributed by atoms with Crippen LogP contribution in [-0.4, -0.2) is 40.4 Å². The van der Waals surface area contributed by atoms with Gasteiger partial charge < -0.3 is 9.64 Å². The maximum absolute atomic E-state index is 12.7. The van der Waals surface area contributed by atoms with Crippen LogP contribution in [0.5, 0.6) is 5.75 Å². The first kappa shape index (κ1) is 22.7. The van der Waals surface area contributed by atoms with E-state index in [4.69, 9.17) is 0 Å². The Bertz CT molecular complexity index is 1240. The number of rotatable bonds is 8. The summed E-state index contributed by atoms with van der Waals surface area (Å²) in [6.45, 7) is -2.51. The third-order valence-electron chi connectivity index (χ3n) is 5.03. The Morgan fingerprint density at radius 3 is 2.30 bits per heavy atom. The highest BCUT2D eigenvalue weighted by atomic mass is 32.2. The average Bonchev–Trinajstić information content (AvgIpc) is 2.83. The molecule has 1 aromatic heterocycles. The summed E-state index contributed by atoms with van der Waals surface area (Å²) in [6, 6.07) is 24.0. The number of thioether (sulfide) groups is 1. The number of halogens is 2. The lowest BCUT2D eigenvalue weighted by Crippen LogP contribution is -2.27. The molecule has 0 spiro atoms. The molecule has 4 aromatic rings. The minimum absolute atomic E-state index is 0.0778. The molecule has 168 valence electrons. The van der Waals surface area contributed by atoms with Gasteiger partial charge in [-0.15, -0.1) is 10.2 Å². The zero-order valence-electron chi connectivity index (χ0n) is 17.8. The van der Waals surface area contributed by atoms with Crippen LogP contribution in [0.2, 0.25) is 0 Å². The summed E-state index contributed by atoms with van der Waals surface area (Å²) in [5.41, 5.74) is 2.60. The number of fused-ring (bicyclic) bond motifs is 1. The lowest BCUT2D eigenvalue weighted by Gasteiger charge is -2.17. The predicted molar refractivity (Wildman–Crippen MR) is 125 cm³/mol. The fourth-order valence-corrected chi connectivity index (χ4v) is 4.29. The van der Waals surface area contributed by atoms with Crippen LogP contribution >= 0.6 is 11.8 Å². The van der Waals surface area contributed by atoms with Gasteiger partial charge in [0.25, 0.3) is 0 Å². The molecule has 0 aliphatic carbocycles. The van der Waals surface area contributed by atoms with Crippen molar-refractivity contribution >= 4 is 28.4 Å². The number of carbonyl (C=O) groups is 1. The van der Waals surface area contributed by atoms with Gasteiger partial charge in [0.05, 0.1) is 5.75 Å². The molecule has 0 atom stereocenters. The number of hydrogen-bond acceptors (Lipinski definition) is 5. The standard InChI is InChI=1S/C25H21F2N3O2S/c1-30(15-17-11-13-19(14-12-17)32-25(26)27)22(31)16-33-24-21-10-6-5-9-20(21)23(28-29-24)18-7-3-2-4-8-18/h2-14,25H,15-16H2,1H3. The second-order valence-electron chi connectivity index (χ2n) is 7.33. The smallest absolute Gasteiger partial charge is 0.387 e. The molecule has 0 aliphatic heterocycles. The molecule has 0 fully saturated rings. The van der Waals surface area contributed by atoms with Crippen molar-refractivity contribution in [2.75, 3.05) is 12.8 Å². The molecular formula is C25H21F2N3O2S. The molecule has 0 radical (unpaired) electrons. The van der Waals surface area contributed by atoms with Gasteiger partial charge in [-0.2, -0.15) is 8.78 Å². The fourth-order valence-electron chi connectivity index (χ4n) is 3.37. The molecule has 0 aliphatic rings. The van der Waals surface area contributed by atoms with E-state index >= 15 is 0 Å². The monoisotopic (exact) mass is 465 g/mol. The first-order chi connectivity index (χ1) is 16.0. The second-order valence-corrected chi connectivity index (χ2v) is 8.29. The van der Waals surface area contributed by atoms with Crippen molar-refractivity contribution in [2.45, 2.75) is 18.2 Å². The summed E-state index contributed by atoms with van der Waals surface area (Å²) < 4.78 is 28.9. The SMILES string of the molecule is CN(Cc1ccc(OC(F)F)cc1)C(=O)CSc1nnc(-c2ccccc2)c2ccccc12. The summed E-state index contributed by atoms with van der Waals surface area (Å²) in [5.74, 6) is 0.209. The third kappa shape index (κ3) is 5.64. The van der Waals surface area contributed by atoms with Crippen molar-refractivity contribution in [1.82, 2.24) is 15.1 Å². The Morgan fingerprint density at radius 1 is 0.939 bits per heavy atom. The van der Waals surface area contributed by atoms with E-state index in [1.807, 2.05) is 54.6 Å². The Labute approximate surface area is 194 Å². The zero-order valence-corrected chi connectivity index (χ0v) is 18.6. The molecule has 1 amide bonds. The topological polar surface area (TPSA) is 55.3 Å². The molecule has 4 rings (SSSR count). The predicted octanol–water partition coefficient (Wildman–Crippen LogP) is 5.65. The Morgan fingerprint density at radius 2 is 1.61 bits per heavy atom. The highest BCUT2D eigenvalue weighted by Gasteiger charge is 2.15. The Hall–Kier alpha value is -3.52. The molecular weight excluding hydrogens is 444 g/mol. The number of aromatic nitrogens is 2. The Balaban J connectivity index is 1.43. The maximum atomic E-state index is 12.7. The molecule has 0 saturated heterocycles. The van der Waals surface area contributed by atoms with Crippen LogP contribution in [-0.2, 0) is 11.3 Å². The van der Waals surface area contributed by atoms with Crippen molar-refractivity contribution in [3.63, 3.8) is 0 Å². The first-order valence-corrected chi connectivity index (χ1v) is 11.2. The average molecular weight is 466 g/mol. The molecule has 33 heavy (non-hydrogen) atoms. The largest absolute Gasteiger partial charge is 0.435 e. The van der Waals surface area contributed by atoms with Crippen LogP contribution in [0.4, 0.5) is 8.78 Å². The number of hydrogen-bond donors (Lipinski definition) is 0. The van der Waals surface area contributed by atoms with Gasteiger partial charge >= 0.3 is 6.61 Å². The molecule has 5 nitrogen and oxygen atoms in total. The summed E-state index contributed by atoms with van der Waals surface area (Å²) in [5, 5.41) is 11.5.